The molecule has 0 aliphatic carbocycles. The highest BCUT2D eigenvalue weighted by atomic mass is 127. The molecule has 0 spiro atoms. The lowest BCUT2D eigenvalue weighted by Gasteiger charge is -2.16. The fourth-order valence-electron chi connectivity index (χ4n) is 3.59. The molecule has 31 heavy (non-hydrogen) atoms. The quantitative estimate of drug-likeness (QED) is 0.323. The molecule has 8 heteroatoms. The Morgan fingerprint density at radius 1 is 1.03 bits per heavy atom. The number of rotatable bonds is 7. The third kappa shape index (κ3) is 6.25. The van der Waals surface area contributed by atoms with Crippen LogP contribution in [0.4, 0.5) is 0 Å². The SMILES string of the molecule is CCNC(=NCc1ccc2c(c1)OCO2)NCc1ccc(CN2CCCC2=O)cc1.I. The topological polar surface area (TPSA) is 75.2 Å². The van der Waals surface area contributed by atoms with Gasteiger partial charge in [0.1, 0.15) is 0 Å². The van der Waals surface area contributed by atoms with Crippen molar-refractivity contribution in [2.45, 2.75) is 39.4 Å². The third-order valence-corrected chi connectivity index (χ3v) is 5.23. The summed E-state index contributed by atoms with van der Waals surface area (Å²) in [4.78, 5) is 18.4. The molecule has 2 N–H and O–H groups in total. The monoisotopic (exact) mass is 536 g/mol. The van der Waals surface area contributed by atoms with Gasteiger partial charge in [0.25, 0.3) is 0 Å². The largest absolute Gasteiger partial charge is 0.454 e. The zero-order valence-electron chi connectivity index (χ0n) is 17.7. The molecule has 0 saturated carbocycles. The molecule has 0 radical (unpaired) electrons. The second-order valence-electron chi connectivity index (χ2n) is 7.47. The van der Waals surface area contributed by atoms with Crippen LogP contribution < -0.4 is 20.1 Å². The second-order valence-corrected chi connectivity index (χ2v) is 7.47. The van der Waals surface area contributed by atoms with Crippen LogP contribution in [0.15, 0.2) is 47.5 Å². The Morgan fingerprint density at radius 3 is 2.52 bits per heavy atom. The van der Waals surface area contributed by atoms with Gasteiger partial charge >= 0.3 is 0 Å². The van der Waals surface area contributed by atoms with Crippen LogP contribution in [0.25, 0.3) is 0 Å². The Bertz CT molecular complexity index is 918. The molecule has 166 valence electrons. The summed E-state index contributed by atoms with van der Waals surface area (Å²) in [5, 5.41) is 6.66. The van der Waals surface area contributed by atoms with Gasteiger partial charge in [-0.25, -0.2) is 4.99 Å². The molecule has 7 nitrogen and oxygen atoms in total. The Balaban J connectivity index is 0.00000272. The molecule has 1 fully saturated rings. The van der Waals surface area contributed by atoms with Gasteiger partial charge in [0.15, 0.2) is 17.5 Å². The smallest absolute Gasteiger partial charge is 0.231 e. The van der Waals surface area contributed by atoms with Gasteiger partial charge < -0.3 is 25.0 Å². The van der Waals surface area contributed by atoms with Crippen LogP contribution in [0.1, 0.15) is 36.5 Å². The zero-order chi connectivity index (χ0) is 20.8. The summed E-state index contributed by atoms with van der Waals surface area (Å²) >= 11 is 0. The van der Waals surface area contributed by atoms with Crippen molar-refractivity contribution in [2.24, 2.45) is 4.99 Å². The predicted molar refractivity (Wildman–Crippen MR) is 131 cm³/mol. The molecule has 1 saturated heterocycles. The van der Waals surface area contributed by atoms with Gasteiger partial charge in [-0.3, -0.25) is 4.79 Å². The van der Waals surface area contributed by atoms with Crippen molar-refractivity contribution >= 4 is 35.8 Å². The molecule has 0 aromatic heterocycles. The number of carbonyl (C=O) groups excluding carboxylic acids is 1. The van der Waals surface area contributed by atoms with E-state index in [1.54, 1.807) is 0 Å². The Labute approximate surface area is 200 Å². The zero-order valence-corrected chi connectivity index (χ0v) is 20.1. The number of aliphatic imine (C=N–C) groups is 1. The number of nitrogens with zero attached hydrogens (tertiary/aromatic N) is 2. The van der Waals surface area contributed by atoms with Crippen LogP contribution in [0, 0.1) is 0 Å². The standard InChI is InChI=1S/C23H28N4O3.HI/c1-2-24-23(26-14-19-9-10-20-21(12-19)30-16-29-20)25-13-17-5-7-18(8-6-17)15-27-11-3-4-22(27)28;/h5-10,12H,2-4,11,13-16H2,1H3,(H2,24,25,26);1H. The maximum Gasteiger partial charge on any atom is 0.231 e. The Hall–Kier alpha value is -2.49. The molecule has 4 rings (SSSR count). The summed E-state index contributed by atoms with van der Waals surface area (Å²) in [6.45, 7) is 5.91. The summed E-state index contributed by atoms with van der Waals surface area (Å²) in [5.41, 5.74) is 3.40. The predicted octanol–water partition coefficient (Wildman–Crippen LogP) is 3.41. The van der Waals surface area contributed by atoms with Crippen molar-refractivity contribution in [3.8, 4) is 11.5 Å². The van der Waals surface area contributed by atoms with E-state index in [4.69, 9.17) is 9.47 Å². The van der Waals surface area contributed by atoms with Gasteiger partial charge in [-0.1, -0.05) is 30.3 Å². The lowest BCUT2D eigenvalue weighted by molar-refractivity contribution is -0.128. The first-order valence-corrected chi connectivity index (χ1v) is 10.5. The fraction of sp³-hybridized carbons (Fsp3) is 0.391. The number of guanidine groups is 1. The molecule has 0 unspecified atom stereocenters. The van der Waals surface area contributed by atoms with E-state index in [9.17, 15) is 4.79 Å². The first-order chi connectivity index (χ1) is 14.7. The summed E-state index contributed by atoms with van der Waals surface area (Å²) in [6.07, 6.45) is 1.65. The minimum Gasteiger partial charge on any atom is -0.454 e. The number of hydrogen-bond donors (Lipinski definition) is 2. The summed E-state index contributed by atoms with van der Waals surface area (Å²) in [7, 11) is 0. The van der Waals surface area contributed by atoms with Crippen molar-refractivity contribution in [1.82, 2.24) is 15.5 Å². The van der Waals surface area contributed by atoms with Gasteiger partial charge in [-0.2, -0.15) is 0 Å². The number of halogens is 1. The number of hydrogen-bond acceptors (Lipinski definition) is 4. The van der Waals surface area contributed by atoms with Gasteiger partial charge in [0.2, 0.25) is 12.7 Å². The van der Waals surface area contributed by atoms with Crippen LogP contribution in [0.3, 0.4) is 0 Å². The van der Waals surface area contributed by atoms with E-state index in [0.29, 0.717) is 26.1 Å². The lowest BCUT2D eigenvalue weighted by atomic mass is 10.1. The number of ether oxygens (including phenoxy) is 2. The van der Waals surface area contributed by atoms with E-state index < -0.39 is 0 Å². The maximum absolute atomic E-state index is 11.8. The highest BCUT2D eigenvalue weighted by Gasteiger charge is 2.19. The molecule has 1 amide bonds. The average molecular weight is 536 g/mol. The normalized spacial score (nSPS) is 15.1. The first kappa shape index (κ1) is 23.2. The third-order valence-electron chi connectivity index (χ3n) is 5.23. The van der Waals surface area contributed by atoms with E-state index >= 15 is 0 Å². The first-order valence-electron chi connectivity index (χ1n) is 10.5. The lowest BCUT2D eigenvalue weighted by Crippen LogP contribution is -2.36. The average Bonchev–Trinajstić information content (AvgIpc) is 3.39. The Kier molecular flexibility index (Phi) is 8.39. The molecule has 2 aliphatic heterocycles. The van der Waals surface area contributed by atoms with Crippen LogP contribution in [0.2, 0.25) is 0 Å². The number of nitrogens with one attached hydrogen (secondary N) is 2. The second kappa shape index (κ2) is 11.2. The number of amides is 1. The summed E-state index contributed by atoms with van der Waals surface area (Å²) < 4.78 is 10.8. The van der Waals surface area contributed by atoms with Crippen LogP contribution >= 0.6 is 24.0 Å². The van der Waals surface area contributed by atoms with Crippen LogP contribution in [0.5, 0.6) is 11.5 Å². The van der Waals surface area contributed by atoms with Crippen molar-refractivity contribution in [1.29, 1.82) is 0 Å². The van der Waals surface area contributed by atoms with E-state index in [1.165, 1.54) is 5.56 Å². The molecular formula is C23H29IN4O3. The van der Waals surface area contributed by atoms with E-state index in [-0.39, 0.29) is 36.7 Å². The molecule has 2 heterocycles. The van der Waals surface area contributed by atoms with Crippen molar-refractivity contribution in [3.05, 3.63) is 59.2 Å². The molecule has 2 aliphatic rings. The van der Waals surface area contributed by atoms with Crippen molar-refractivity contribution < 1.29 is 14.3 Å². The van der Waals surface area contributed by atoms with Gasteiger partial charge in [0.05, 0.1) is 6.54 Å². The molecule has 2 aromatic carbocycles. The molecule has 0 atom stereocenters. The van der Waals surface area contributed by atoms with Crippen LogP contribution in [-0.2, 0) is 24.4 Å². The minimum atomic E-state index is 0. The minimum absolute atomic E-state index is 0. The van der Waals surface area contributed by atoms with Crippen molar-refractivity contribution in [3.63, 3.8) is 0 Å². The van der Waals surface area contributed by atoms with Crippen LogP contribution in [-0.4, -0.2) is 36.6 Å². The van der Waals surface area contributed by atoms with Crippen molar-refractivity contribution in [2.75, 3.05) is 19.9 Å². The molecule has 2 aromatic rings. The fourth-order valence-corrected chi connectivity index (χ4v) is 3.59. The number of benzene rings is 2. The number of likely N-dealkylation sites (tertiary alicyclic amines) is 1. The van der Waals surface area contributed by atoms with Gasteiger partial charge in [0, 0.05) is 32.6 Å². The van der Waals surface area contributed by atoms with E-state index in [2.05, 4.69) is 39.9 Å². The van der Waals surface area contributed by atoms with Gasteiger partial charge in [-0.05, 0) is 42.2 Å². The molecular weight excluding hydrogens is 507 g/mol. The number of fused-ring (bicyclic) bond motifs is 1. The van der Waals surface area contributed by atoms with Gasteiger partial charge in [-0.15, -0.1) is 24.0 Å². The summed E-state index contributed by atoms with van der Waals surface area (Å²) in [6, 6.07) is 14.3. The van der Waals surface area contributed by atoms with E-state index in [0.717, 1.165) is 48.1 Å². The highest BCUT2D eigenvalue weighted by Crippen LogP contribution is 2.32. The van der Waals surface area contributed by atoms with E-state index in [1.807, 2.05) is 30.0 Å². The number of carbonyl (C=O) groups is 1. The Morgan fingerprint density at radius 2 is 1.77 bits per heavy atom. The summed E-state index contributed by atoms with van der Waals surface area (Å²) in [5.74, 6) is 2.58. The maximum atomic E-state index is 11.8. The molecule has 0 bridgehead atoms. The highest BCUT2D eigenvalue weighted by molar-refractivity contribution is 14.0.